The molecule has 0 bridgehead atoms. The normalized spacial score (nSPS) is 14.7. The van der Waals surface area contributed by atoms with Gasteiger partial charge in [0.1, 0.15) is 0 Å². The van der Waals surface area contributed by atoms with Gasteiger partial charge in [0, 0.05) is 18.7 Å². The van der Waals surface area contributed by atoms with Gasteiger partial charge in [-0.3, -0.25) is 9.59 Å². The van der Waals surface area contributed by atoms with Gasteiger partial charge in [-0.1, -0.05) is 44.2 Å². The van der Waals surface area contributed by atoms with Gasteiger partial charge in [0.25, 0.3) is 5.91 Å². The monoisotopic (exact) mass is 368 g/mol. The third-order valence-electron chi connectivity index (χ3n) is 5.19. The molecule has 1 heterocycles. The fraction of sp³-hybridized carbons (Fsp3) is 0.455. The Bertz CT molecular complexity index is 717. The van der Waals surface area contributed by atoms with Crippen LogP contribution in [0.1, 0.15) is 67.5 Å². The molecule has 5 nitrogen and oxygen atoms in total. The Morgan fingerprint density at radius 1 is 1.04 bits per heavy atom. The average molecular weight is 368 g/mol. The van der Waals surface area contributed by atoms with Crippen LogP contribution >= 0.6 is 0 Å². The van der Waals surface area contributed by atoms with Gasteiger partial charge in [-0.2, -0.15) is 0 Å². The molecule has 1 aliphatic carbocycles. The molecule has 1 saturated carbocycles. The molecule has 3 rings (SSSR count). The quantitative estimate of drug-likeness (QED) is 0.696. The summed E-state index contributed by atoms with van der Waals surface area (Å²) in [5, 5.41) is 5.75. The maximum absolute atomic E-state index is 12.0. The Kier molecular flexibility index (Phi) is 7.08. The molecular formula is C22H28N2O3. The lowest BCUT2D eigenvalue weighted by Crippen LogP contribution is -2.22. The molecule has 0 radical (unpaired) electrons. The highest BCUT2D eigenvalue weighted by Crippen LogP contribution is 2.27. The summed E-state index contributed by atoms with van der Waals surface area (Å²) < 4.78 is 5.07. The predicted molar refractivity (Wildman–Crippen MR) is 105 cm³/mol. The summed E-state index contributed by atoms with van der Waals surface area (Å²) in [6.07, 6.45) is 11.0. The highest BCUT2D eigenvalue weighted by atomic mass is 16.3. The van der Waals surface area contributed by atoms with E-state index in [0.717, 1.165) is 17.9 Å². The van der Waals surface area contributed by atoms with E-state index in [9.17, 15) is 9.59 Å². The molecule has 0 aliphatic heterocycles. The van der Waals surface area contributed by atoms with Crippen molar-refractivity contribution in [2.24, 2.45) is 5.92 Å². The molecule has 0 unspecified atom stereocenters. The van der Waals surface area contributed by atoms with Crippen LogP contribution in [-0.4, -0.2) is 11.8 Å². The fourth-order valence-electron chi connectivity index (χ4n) is 3.62. The third kappa shape index (κ3) is 6.27. The number of carbonyl (C=O) groups excluding carboxylic acids is 2. The Hall–Kier alpha value is -2.56. The van der Waals surface area contributed by atoms with Crippen LogP contribution in [0, 0.1) is 5.92 Å². The average Bonchev–Trinajstić information content (AvgIpc) is 3.23. The SMILES string of the molecule is O=C(CCCC1CCCCC1)NCc1ccc(NC(=O)c2ccco2)cc1. The summed E-state index contributed by atoms with van der Waals surface area (Å²) in [7, 11) is 0. The van der Waals surface area contributed by atoms with Crippen molar-refractivity contribution in [1.29, 1.82) is 0 Å². The number of carbonyl (C=O) groups is 2. The van der Waals surface area contributed by atoms with E-state index in [-0.39, 0.29) is 17.6 Å². The molecular weight excluding hydrogens is 340 g/mol. The molecule has 144 valence electrons. The molecule has 1 aromatic heterocycles. The van der Waals surface area contributed by atoms with E-state index in [4.69, 9.17) is 4.42 Å². The molecule has 0 atom stereocenters. The van der Waals surface area contributed by atoms with E-state index >= 15 is 0 Å². The number of hydrogen-bond donors (Lipinski definition) is 2. The molecule has 1 fully saturated rings. The fourth-order valence-corrected chi connectivity index (χ4v) is 3.62. The number of amides is 2. The zero-order valence-corrected chi connectivity index (χ0v) is 15.7. The van der Waals surface area contributed by atoms with Crippen LogP contribution in [0.3, 0.4) is 0 Å². The zero-order chi connectivity index (χ0) is 18.9. The van der Waals surface area contributed by atoms with Crippen LogP contribution in [0.25, 0.3) is 0 Å². The van der Waals surface area contributed by atoms with Crippen molar-refractivity contribution in [2.45, 2.75) is 57.9 Å². The molecule has 2 aromatic rings. The highest BCUT2D eigenvalue weighted by molar-refractivity contribution is 6.02. The largest absolute Gasteiger partial charge is 0.459 e. The minimum absolute atomic E-state index is 0.112. The minimum atomic E-state index is -0.279. The topological polar surface area (TPSA) is 71.3 Å². The molecule has 5 heteroatoms. The molecule has 2 N–H and O–H groups in total. The summed E-state index contributed by atoms with van der Waals surface area (Å²) in [6.45, 7) is 0.509. The first kappa shape index (κ1) is 19.2. The summed E-state index contributed by atoms with van der Waals surface area (Å²) in [5.74, 6) is 0.940. The summed E-state index contributed by atoms with van der Waals surface area (Å²) in [6, 6.07) is 10.8. The van der Waals surface area contributed by atoms with E-state index in [2.05, 4.69) is 10.6 Å². The third-order valence-corrected chi connectivity index (χ3v) is 5.19. The number of nitrogens with one attached hydrogen (secondary N) is 2. The zero-order valence-electron chi connectivity index (χ0n) is 15.7. The number of rotatable bonds is 8. The van der Waals surface area contributed by atoms with Gasteiger partial charge < -0.3 is 15.1 Å². The Labute approximate surface area is 160 Å². The van der Waals surface area contributed by atoms with Gasteiger partial charge in [-0.05, 0) is 48.6 Å². The van der Waals surface area contributed by atoms with Crippen LogP contribution in [-0.2, 0) is 11.3 Å². The lowest BCUT2D eigenvalue weighted by atomic mass is 9.86. The summed E-state index contributed by atoms with van der Waals surface area (Å²) >= 11 is 0. The van der Waals surface area contributed by atoms with Crippen molar-refractivity contribution in [2.75, 3.05) is 5.32 Å². The molecule has 0 saturated heterocycles. The Morgan fingerprint density at radius 2 is 1.81 bits per heavy atom. The van der Waals surface area contributed by atoms with Crippen molar-refractivity contribution in [1.82, 2.24) is 5.32 Å². The number of furan rings is 1. The number of hydrogen-bond acceptors (Lipinski definition) is 3. The van der Waals surface area contributed by atoms with Crippen LogP contribution in [0.4, 0.5) is 5.69 Å². The second-order valence-electron chi connectivity index (χ2n) is 7.30. The molecule has 2 amide bonds. The van der Waals surface area contributed by atoms with Gasteiger partial charge in [-0.25, -0.2) is 0 Å². The van der Waals surface area contributed by atoms with E-state index in [1.54, 1.807) is 12.1 Å². The first-order chi connectivity index (χ1) is 13.2. The molecule has 1 aromatic carbocycles. The first-order valence-electron chi connectivity index (χ1n) is 9.91. The van der Waals surface area contributed by atoms with Crippen molar-refractivity contribution in [3.8, 4) is 0 Å². The first-order valence-corrected chi connectivity index (χ1v) is 9.91. The van der Waals surface area contributed by atoms with E-state index in [1.807, 2.05) is 24.3 Å². The summed E-state index contributed by atoms with van der Waals surface area (Å²) in [5.41, 5.74) is 1.70. The molecule has 0 spiro atoms. The number of anilines is 1. The Balaban J connectivity index is 1.35. The standard InChI is InChI=1S/C22H28N2O3/c25-21(10-4-8-17-6-2-1-3-7-17)23-16-18-11-13-19(14-12-18)24-22(26)20-9-5-15-27-20/h5,9,11-15,17H,1-4,6-8,10,16H2,(H,23,25)(H,24,26). The van der Waals surface area contributed by atoms with Crippen LogP contribution in [0.5, 0.6) is 0 Å². The predicted octanol–water partition coefficient (Wildman–Crippen LogP) is 4.90. The minimum Gasteiger partial charge on any atom is -0.459 e. The Morgan fingerprint density at radius 3 is 2.52 bits per heavy atom. The van der Waals surface area contributed by atoms with Gasteiger partial charge in [-0.15, -0.1) is 0 Å². The van der Waals surface area contributed by atoms with Crippen molar-refractivity contribution in [3.05, 3.63) is 54.0 Å². The maximum atomic E-state index is 12.0. The second-order valence-corrected chi connectivity index (χ2v) is 7.30. The van der Waals surface area contributed by atoms with E-state index in [1.165, 1.54) is 44.8 Å². The lowest BCUT2D eigenvalue weighted by molar-refractivity contribution is -0.121. The van der Waals surface area contributed by atoms with Crippen LogP contribution in [0.2, 0.25) is 0 Å². The van der Waals surface area contributed by atoms with Crippen molar-refractivity contribution >= 4 is 17.5 Å². The van der Waals surface area contributed by atoms with Crippen molar-refractivity contribution in [3.63, 3.8) is 0 Å². The van der Waals surface area contributed by atoms with Gasteiger partial charge in [0.05, 0.1) is 6.26 Å². The highest BCUT2D eigenvalue weighted by Gasteiger charge is 2.13. The second kappa shape index (κ2) is 9.95. The molecule has 27 heavy (non-hydrogen) atoms. The molecule has 1 aliphatic rings. The van der Waals surface area contributed by atoms with Crippen LogP contribution in [0.15, 0.2) is 47.1 Å². The van der Waals surface area contributed by atoms with Crippen molar-refractivity contribution < 1.29 is 14.0 Å². The lowest BCUT2D eigenvalue weighted by Gasteiger charge is -2.21. The maximum Gasteiger partial charge on any atom is 0.291 e. The number of benzene rings is 1. The smallest absolute Gasteiger partial charge is 0.291 e. The summed E-state index contributed by atoms with van der Waals surface area (Å²) in [4.78, 5) is 24.0. The van der Waals surface area contributed by atoms with Crippen LogP contribution < -0.4 is 10.6 Å². The van der Waals surface area contributed by atoms with Gasteiger partial charge >= 0.3 is 0 Å². The van der Waals surface area contributed by atoms with Gasteiger partial charge in [0.2, 0.25) is 5.91 Å². The van der Waals surface area contributed by atoms with Gasteiger partial charge in [0.15, 0.2) is 5.76 Å². The van der Waals surface area contributed by atoms with E-state index in [0.29, 0.717) is 18.7 Å². The van der Waals surface area contributed by atoms with E-state index < -0.39 is 0 Å².